The van der Waals surface area contributed by atoms with Gasteiger partial charge in [0.15, 0.2) is 4.90 Å². The molecule has 0 bridgehead atoms. The Kier molecular flexibility index (Phi) is 12.0. The number of piperidine rings is 1. The Morgan fingerprint density at radius 2 is 1.80 bits per heavy atom. The summed E-state index contributed by atoms with van der Waals surface area (Å²) in [5.74, 6) is 6.23. The van der Waals surface area contributed by atoms with Gasteiger partial charge in [0, 0.05) is 42.8 Å². The van der Waals surface area contributed by atoms with E-state index in [0.29, 0.717) is 58.9 Å². The van der Waals surface area contributed by atoms with Crippen LogP contribution in [0.3, 0.4) is 0 Å². The Bertz CT molecular complexity index is 1510. The molecule has 8 nitrogen and oxygen atoms in total. The predicted octanol–water partition coefficient (Wildman–Crippen LogP) is 5.23. The molecule has 3 aromatic rings. The van der Waals surface area contributed by atoms with Crippen molar-refractivity contribution in [1.82, 2.24) is 9.47 Å². The van der Waals surface area contributed by atoms with Gasteiger partial charge in [-0.3, -0.25) is 0 Å². The number of ether oxygens (including phenoxy) is 2. The van der Waals surface area contributed by atoms with Crippen LogP contribution in [0.15, 0.2) is 47.4 Å². The maximum absolute atomic E-state index is 13.6. The first kappa shape index (κ1) is 35.6. The molecule has 0 spiro atoms. The highest BCUT2D eigenvalue weighted by molar-refractivity contribution is 7.90. The maximum Gasteiger partial charge on any atom is 0.411 e. The number of rotatable bonds is 12. The standard InChI is InChI=1S/C31H36F6N4O4S/c1-44-29-16-24(46(2)43)8-9-27(29)38-12-4-5-22-15-25-26(6-3-7-28(25)41(22)19-30(32,33)34)39-21-10-13-40(14-11-21)17-23(42)18-45-20-31(35,36)37/h3,6-9,15-16,21,23,38-39,42H,10-14,17-20H2,1-2H3. The molecule has 2 atom stereocenters. The summed E-state index contributed by atoms with van der Waals surface area (Å²) in [6.45, 7) is -1.60. The van der Waals surface area contributed by atoms with Crippen molar-refractivity contribution in [3.8, 4) is 17.6 Å². The molecule has 2 heterocycles. The maximum atomic E-state index is 13.6. The molecule has 252 valence electrons. The van der Waals surface area contributed by atoms with E-state index in [-0.39, 0.29) is 24.8 Å². The lowest BCUT2D eigenvalue weighted by Crippen LogP contribution is -2.43. The summed E-state index contributed by atoms with van der Waals surface area (Å²) < 4.78 is 100. The smallest absolute Gasteiger partial charge is 0.411 e. The SMILES string of the molecule is COc1cc([S+](C)[O-])ccc1NCC#Cc1cc2c(NC3CCN(CC(O)COCC(F)(F)F)CC3)cccc2n1CC(F)(F)F. The van der Waals surface area contributed by atoms with Crippen LogP contribution in [0.5, 0.6) is 5.75 Å². The van der Waals surface area contributed by atoms with Crippen LogP contribution in [-0.4, -0.2) is 96.4 Å². The lowest BCUT2D eigenvalue weighted by atomic mass is 10.0. The van der Waals surface area contributed by atoms with E-state index in [1.807, 2.05) is 4.90 Å². The molecule has 0 saturated carbocycles. The molecule has 3 N–H and O–H groups in total. The van der Waals surface area contributed by atoms with Crippen LogP contribution in [0.2, 0.25) is 0 Å². The Hall–Kier alpha value is -3.29. The molecular weight excluding hydrogens is 638 g/mol. The molecule has 1 fully saturated rings. The van der Waals surface area contributed by atoms with Crippen molar-refractivity contribution in [2.75, 3.05) is 63.4 Å². The minimum absolute atomic E-state index is 0.00308. The van der Waals surface area contributed by atoms with Crippen molar-refractivity contribution in [3.63, 3.8) is 0 Å². The van der Waals surface area contributed by atoms with E-state index < -0.39 is 49.4 Å². The molecular formula is C31H36F6N4O4S. The third-order valence-electron chi connectivity index (χ3n) is 7.36. The molecule has 4 rings (SSSR count). The fourth-order valence-electron chi connectivity index (χ4n) is 5.28. The summed E-state index contributed by atoms with van der Waals surface area (Å²) in [6, 6.07) is 11.8. The number of aliphatic hydroxyl groups is 1. The molecule has 1 aliphatic heterocycles. The lowest BCUT2D eigenvalue weighted by molar-refractivity contribution is -0.179. The first-order chi connectivity index (χ1) is 21.7. The summed E-state index contributed by atoms with van der Waals surface area (Å²) in [7, 11) is 1.48. The number of aliphatic hydroxyl groups excluding tert-OH is 1. The summed E-state index contributed by atoms with van der Waals surface area (Å²) in [5, 5.41) is 17.2. The molecule has 1 aromatic heterocycles. The highest BCUT2D eigenvalue weighted by Gasteiger charge is 2.31. The van der Waals surface area contributed by atoms with Gasteiger partial charge < -0.3 is 39.2 Å². The van der Waals surface area contributed by atoms with E-state index in [0.717, 1.165) is 4.57 Å². The Morgan fingerprint density at radius 3 is 2.46 bits per heavy atom. The Balaban J connectivity index is 1.43. The monoisotopic (exact) mass is 674 g/mol. The molecule has 0 aliphatic carbocycles. The minimum Gasteiger partial charge on any atom is -0.612 e. The molecule has 0 radical (unpaired) electrons. The number of nitrogens with zero attached hydrogens (tertiary/aromatic N) is 2. The molecule has 2 unspecified atom stereocenters. The largest absolute Gasteiger partial charge is 0.612 e. The number of fused-ring (bicyclic) bond motifs is 1. The molecule has 15 heteroatoms. The number of methoxy groups -OCH3 is 1. The zero-order valence-electron chi connectivity index (χ0n) is 25.3. The van der Waals surface area contributed by atoms with Gasteiger partial charge in [-0.2, -0.15) is 26.3 Å². The molecule has 0 amide bonds. The van der Waals surface area contributed by atoms with Crippen molar-refractivity contribution in [2.45, 2.75) is 48.8 Å². The van der Waals surface area contributed by atoms with E-state index in [4.69, 9.17) is 4.74 Å². The summed E-state index contributed by atoms with van der Waals surface area (Å²) in [5.41, 5.74) is 1.84. The number of halogens is 6. The second kappa shape index (κ2) is 15.5. The van der Waals surface area contributed by atoms with Crippen LogP contribution in [0.25, 0.3) is 10.9 Å². The van der Waals surface area contributed by atoms with Crippen LogP contribution in [-0.2, 0) is 22.5 Å². The van der Waals surface area contributed by atoms with Gasteiger partial charge in [0.2, 0.25) is 0 Å². The van der Waals surface area contributed by atoms with E-state index in [1.54, 1.807) is 48.7 Å². The second-order valence-electron chi connectivity index (χ2n) is 10.9. The first-order valence-electron chi connectivity index (χ1n) is 14.5. The van der Waals surface area contributed by atoms with Crippen LogP contribution < -0.4 is 15.4 Å². The number of anilines is 2. The van der Waals surface area contributed by atoms with Crippen LogP contribution in [0, 0.1) is 11.8 Å². The van der Waals surface area contributed by atoms with Crippen LogP contribution in [0.1, 0.15) is 18.5 Å². The third-order valence-corrected chi connectivity index (χ3v) is 8.28. The van der Waals surface area contributed by atoms with E-state index in [9.17, 15) is 36.0 Å². The fourth-order valence-corrected chi connectivity index (χ4v) is 5.81. The quantitative estimate of drug-likeness (QED) is 0.138. The number of benzene rings is 2. The van der Waals surface area contributed by atoms with Crippen molar-refractivity contribution in [3.05, 3.63) is 48.2 Å². The molecule has 46 heavy (non-hydrogen) atoms. The lowest BCUT2D eigenvalue weighted by Gasteiger charge is -2.34. The normalized spacial score (nSPS) is 16.1. The Morgan fingerprint density at radius 1 is 1.07 bits per heavy atom. The number of β-amino-alcohol motifs (C(OH)–C–C–N with tert-alkyl or cyclic N) is 1. The molecule has 1 saturated heterocycles. The third kappa shape index (κ3) is 10.4. The van der Waals surface area contributed by atoms with Crippen molar-refractivity contribution >= 4 is 33.5 Å². The minimum atomic E-state index is -4.48. The second-order valence-corrected chi connectivity index (χ2v) is 12.3. The zero-order valence-corrected chi connectivity index (χ0v) is 26.1. The van der Waals surface area contributed by atoms with E-state index in [1.165, 1.54) is 7.11 Å². The van der Waals surface area contributed by atoms with Crippen molar-refractivity contribution in [1.29, 1.82) is 0 Å². The van der Waals surface area contributed by atoms with Gasteiger partial charge in [-0.1, -0.05) is 12.0 Å². The van der Waals surface area contributed by atoms with Gasteiger partial charge in [-0.25, -0.2) is 0 Å². The van der Waals surface area contributed by atoms with Gasteiger partial charge in [0.25, 0.3) is 0 Å². The van der Waals surface area contributed by atoms with Gasteiger partial charge in [0.1, 0.15) is 25.2 Å². The average Bonchev–Trinajstić information content (AvgIpc) is 3.32. The number of likely N-dealkylation sites (tertiary alicyclic amines) is 1. The fraction of sp³-hybridized carbons (Fsp3) is 0.484. The number of nitrogens with one attached hydrogen (secondary N) is 2. The Labute approximate surface area is 266 Å². The predicted molar refractivity (Wildman–Crippen MR) is 165 cm³/mol. The molecule has 2 aromatic carbocycles. The van der Waals surface area contributed by atoms with Gasteiger partial charge >= 0.3 is 12.4 Å². The van der Waals surface area contributed by atoms with Gasteiger partial charge in [0.05, 0.1) is 43.3 Å². The van der Waals surface area contributed by atoms with E-state index in [2.05, 4.69) is 27.2 Å². The number of alkyl halides is 6. The topological polar surface area (TPSA) is 94.0 Å². The van der Waals surface area contributed by atoms with Gasteiger partial charge in [-0.15, -0.1) is 0 Å². The summed E-state index contributed by atoms with van der Waals surface area (Å²) >= 11 is -1.19. The average molecular weight is 675 g/mol. The highest BCUT2D eigenvalue weighted by Crippen LogP contribution is 2.32. The number of aromatic nitrogens is 1. The number of hydrogen-bond acceptors (Lipinski definition) is 7. The van der Waals surface area contributed by atoms with E-state index >= 15 is 0 Å². The van der Waals surface area contributed by atoms with Crippen molar-refractivity contribution < 1.29 is 45.5 Å². The summed E-state index contributed by atoms with van der Waals surface area (Å²) in [4.78, 5) is 2.53. The molecule has 1 aliphatic rings. The van der Waals surface area contributed by atoms with Crippen LogP contribution >= 0.6 is 0 Å². The highest BCUT2D eigenvalue weighted by atomic mass is 32.2. The number of hydrogen-bond donors (Lipinski definition) is 3. The van der Waals surface area contributed by atoms with Gasteiger partial charge in [-0.05, 0) is 60.3 Å². The zero-order chi connectivity index (χ0) is 33.5. The summed E-state index contributed by atoms with van der Waals surface area (Å²) in [6.07, 6.45) is -7.11. The first-order valence-corrected chi connectivity index (χ1v) is 16.0. The van der Waals surface area contributed by atoms with Crippen LogP contribution in [0.4, 0.5) is 37.7 Å². The van der Waals surface area contributed by atoms with Crippen molar-refractivity contribution in [2.24, 2.45) is 0 Å².